The molecule has 198 valence electrons. The van der Waals surface area contributed by atoms with Crippen molar-refractivity contribution in [2.24, 2.45) is 44.3 Å². The Morgan fingerprint density at radius 1 is 0.914 bits per heavy atom. The number of Topliss-reactive ketones (excluding diaryl/α,β-unsaturated/α-hetero) is 1. The van der Waals surface area contributed by atoms with Crippen molar-refractivity contribution < 1.29 is 30.3 Å². The van der Waals surface area contributed by atoms with Crippen molar-refractivity contribution in [3.63, 3.8) is 0 Å². The van der Waals surface area contributed by atoms with Gasteiger partial charge in [-0.1, -0.05) is 40.7 Å². The molecule has 5 aliphatic rings. The van der Waals surface area contributed by atoms with Gasteiger partial charge in [-0.3, -0.25) is 4.79 Å². The van der Waals surface area contributed by atoms with Crippen molar-refractivity contribution in [3.05, 3.63) is 11.6 Å². The molecule has 0 saturated heterocycles. The van der Waals surface area contributed by atoms with Crippen LogP contribution in [0.1, 0.15) is 86.0 Å². The molecule has 6 heteroatoms. The van der Waals surface area contributed by atoms with Crippen LogP contribution in [-0.4, -0.2) is 62.8 Å². The fraction of sp³-hybridized carbons (Fsp3) is 0.897. The first-order valence-electron chi connectivity index (χ1n) is 13.7. The lowest BCUT2D eigenvalue weighted by atomic mass is 9.34. The fourth-order valence-electron chi connectivity index (χ4n) is 10.5. The van der Waals surface area contributed by atoms with Gasteiger partial charge < -0.3 is 25.5 Å². The van der Waals surface area contributed by atoms with E-state index in [0.717, 1.165) is 37.7 Å². The van der Waals surface area contributed by atoms with Gasteiger partial charge in [-0.15, -0.1) is 0 Å². The lowest BCUT2D eigenvalue weighted by molar-refractivity contribution is -0.221. The summed E-state index contributed by atoms with van der Waals surface area (Å²) in [6.45, 7) is 10.2. The van der Waals surface area contributed by atoms with E-state index in [-0.39, 0.29) is 22.7 Å². The zero-order valence-corrected chi connectivity index (χ0v) is 22.2. The summed E-state index contributed by atoms with van der Waals surface area (Å²) in [6, 6.07) is 0. The molecule has 5 rings (SSSR count). The topological polar surface area (TPSA) is 118 Å². The summed E-state index contributed by atoms with van der Waals surface area (Å²) in [5.74, 6) is -0.560. The molecule has 9 atom stereocenters. The lowest BCUT2D eigenvalue weighted by Crippen LogP contribution is -2.69. The Balaban J connectivity index is 1.59. The van der Waals surface area contributed by atoms with Gasteiger partial charge in [0.15, 0.2) is 5.78 Å². The third-order valence-electron chi connectivity index (χ3n) is 12.6. The largest absolute Gasteiger partial charge is 0.395 e. The van der Waals surface area contributed by atoms with Gasteiger partial charge in [-0.05, 0) is 90.4 Å². The van der Waals surface area contributed by atoms with E-state index in [9.17, 15) is 30.3 Å². The van der Waals surface area contributed by atoms with Gasteiger partial charge in [0.2, 0.25) is 0 Å². The highest BCUT2D eigenvalue weighted by atomic mass is 16.3. The SMILES string of the molecule is CC1(C)CCC2(C1)C(O)CC1(C)C(=CCC3C4(C)CC(O)C(=O)C(CO)(CO)C4CCC31C)C2O. The maximum atomic E-state index is 13.1. The second kappa shape index (κ2) is 7.63. The van der Waals surface area contributed by atoms with Crippen LogP contribution in [-0.2, 0) is 4.79 Å². The summed E-state index contributed by atoms with van der Waals surface area (Å²) in [6.07, 6.45) is 5.51. The van der Waals surface area contributed by atoms with E-state index >= 15 is 0 Å². The van der Waals surface area contributed by atoms with Gasteiger partial charge in [0.25, 0.3) is 0 Å². The Labute approximate surface area is 209 Å². The number of rotatable bonds is 2. The highest BCUT2D eigenvalue weighted by molar-refractivity contribution is 5.90. The molecule has 0 bridgehead atoms. The van der Waals surface area contributed by atoms with Crippen LogP contribution in [0, 0.1) is 44.3 Å². The van der Waals surface area contributed by atoms with Gasteiger partial charge in [0.1, 0.15) is 6.10 Å². The number of carbonyl (C=O) groups excluding carboxylic acids is 1. The molecule has 35 heavy (non-hydrogen) atoms. The van der Waals surface area contributed by atoms with E-state index < -0.39 is 59.0 Å². The van der Waals surface area contributed by atoms with Crippen molar-refractivity contribution in [1.29, 1.82) is 0 Å². The number of ketones is 1. The summed E-state index contributed by atoms with van der Waals surface area (Å²) in [5.41, 5.74) is -1.77. The molecular formula is C29H46O6. The standard InChI is InChI=1S/C29H46O6/c1-24(2)10-11-28(14-24)21(33)13-27(5)17(22(28)34)6-7-19-25(3)12-18(32)23(35)29(15-30,16-31)20(25)8-9-26(19,27)4/h6,18-22,30-34H,7-16H2,1-5H3. The molecule has 0 amide bonds. The molecule has 1 spiro atoms. The summed E-state index contributed by atoms with van der Waals surface area (Å²) in [5, 5.41) is 55.1. The van der Waals surface area contributed by atoms with Crippen molar-refractivity contribution in [3.8, 4) is 0 Å². The van der Waals surface area contributed by atoms with Crippen LogP contribution >= 0.6 is 0 Å². The zero-order chi connectivity index (χ0) is 25.8. The first-order valence-corrected chi connectivity index (χ1v) is 13.7. The van der Waals surface area contributed by atoms with Crippen LogP contribution in [0.3, 0.4) is 0 Å². The van der Waals surface area contributed by atoms with Crippen molar-refractivity contribution >= 4 is 5.78 Å². The Morgan fingerprint density at radius 2 is 1.57 bits per heavy atom. The summed E-state index contributed by atoms with van der Waals surface area (Å²) < 4.78 is 0. The smallest absolute Gasteiger partial charge is 0.172 e. The zero-order valence-electron chi connectivity index (χ0n) is 22.2. The van der Waals surface area contributed by atoms with Gasteiger partial charge in [-0.25, -0.2) is 0 Å². The molecule has 4 saturated carbocycles. The Morgan fingerprint density at radius 3 is 2.14 bits per heavy atom. The molecule has 5 aliphatic carbocycles. The van der Waals surface area contributed by atoms with Crippen LogP contribution in [0.5, 0.6) is 0 Å². The van der Waals surface area contributed by atoms with E-state index in [1.807, 2.05) is 0 Å². The molecule has 4 fully saturated rings. The number of hydrogen-bond acceptors (Lipinski definition) is 6. The first-order chi connectivity index (χ1) is 16.2. The number of allylic oxidation sites excluding steroid dienone is 1. The van der Waals surface area contributed by atoms with Crippen molar-refractivity contribution in [1.82, 2.24) is 0 Å². The van der Waals surface area contributed by atoms with E-state index in [0.29, 0.717) is 19.3 Å². The van der Waals surface area contributed by atoms with Gasteiger partial charge in [0.05, 0.1) is 30.8 Å². The van der Waals surface area contributed by atoms with Crippen molar-refractivity contribution in [2.45, 2.75) is 104 Å². The van der Waals surface area contributed by atoms with Gasteiger partial charge in [-0.2, -0.15) is 0 Å². The summed E-state index contributed by atoms with van der Waals surface area (Å²) >= 11 is 0. The van der Waals surface area contributed by atoms with Gasteiger partial charge in [0, 0.05) is 5.41 Å². The summed E-state index contributed by atoms with van der Waals surface area (Å²) in [4.78, 5) is 13.1. The average molecular weight is 491 g/mol. The predicted octanol–water partition coefficient (Wildman–Crippen LogP) is 2.99. The molecule has 5 N–H and O–H groups in total. The number of fused-ring (bicyclic) bond motifs is 5. The molecule has 0 radical (unpaired) electrons. The number of carbonyl (C=O) groups is 1. The van der Waals surface area contributed by atoms with Crippen LogP contribution < -0.4 is 0 Å². The fourth-order valence-corrected chi connectivity index (χ4v) is 10.5. The van der Waals surface area contributed by atoms with Crippen LogP contribution in [0.15, 0.2) is 11.6 Å². The van der Waals surface area contributed by atoms with Crippen LogP contribution in [0.4, 0.5) is 0 Å². The van der Waals surface area contributed by atoms with E-state index in [1.54, 1.807) is 0 Å². The number of hydrogen-bond donors (Lipinski definition) is 5. The Hall–Kier alpha value is -0.790. The second-order valence-corrected chi connectivity index (χ2v) is 14.5. The molecule has 6 nitrogen and oxygen atoms in total. The molecule has 0 aliphatic heterocycles. The molecule has 0 heterocycles. The monoisotopic (exact) mass is 490 g/mol. The first kappa shape index (κ1) is 25.8. The maximum Gasteiger partial charge on any atom is 0.172 e. The number of aliphatic hydroxyl groups excluding tert-OH is 5. The average Bonchev–Trinajstić information content (AvgIpc) is 3.12. The second-order valence-electron chi connectivity index (χ2n) is 14.5. The molecule has 0 aromatic heterocycles. The third kappa shape index (κ3) is 2.98. The van der Waals surface area contributed by atoms with Crippen LogP contribution in [0.2, 0.25) is 0 Å². The highest BCUT2D eigenvalue weighted by Crippen LogP contribution is 2.74. The summed E-state index contributed by atoms with van der Waals surface area (Å²) in [7, 11) is 0. The maximum absolute atomic E-state index is 13.1. The Bertz CT molecular complexity index is 937. The molecule has 9 unspecified atom stereocenters. The Kier molecular flexibility index (Phi) is 5.63. The van der Waals surface area contributed by atoms with Crippen molar-refractivity contribution in [2.75, 3.05) is 13.2 Å². The minimum absolute atomic E-state index is 0.0937. The number of aliphatic hydroxyl groups is 5. The minimum Gasteiger partial charge on any atom is -0.395 e. The molecular weight excluding hydrogens is 444 g/mol. The van der Waals surface area contributed by atoms with E-state index in [2.05, 4.69) is 40.7 Å². The van der Waals surface area contributed by atoms with E-state index in [1.165, 1.54) is 0 Å². The lowest BCUT2D eigenvalue weighted by Gasteiger charge is -2.70. The highest BCUT2D eigenvalue weighted by Gasteiger charge is 2.71. The predicted molar refractivity (Wildman–Crippen MR) is 132 cm³/mol. The minimum atomic E-state index is -1.33. The third-order valence-corrected chi connectivity index (χ3v) is 12.6. The normalized spacial score (nSPS) is 52.5. The molecule has 0 aromatic carbocycles. The van der Waals surface area contributed by atoms with E-state index in [4.69, 9.17) is 0 Å². The molecule has 0 aromatic rings. The quantitative estimate of drug-likeness (QED) is 0.380. The van der Waals surface area contributed by atoms with Gasteiger partial charge >= 0.3 is 0 Å². The van der Waals surface area contributed by atoms with Crippen LogP contribution in [0.25, 0.3) is 0 Å².